The second-order valence-corrected chi connectivity index (χ2v) is 4.92. The van der Waals surface area contributed by atoms with Crippen LogP contribution in [0.15, 0.2) is 42.0 Å². The van der Waals surface area contributed by atoms with Gasteiger partial charge in [-0.05, 0) is 24.3 Å². The third-order valence-electron chi connectivity index (χ3n) is 2.81. The topological polar surface area (TPSA) is 86.2 Å². The maximum atomic E-state index is 9.12. The fourth-order valence-corrected chi connectivity index (χ4v) is 2.67. The fourth-order valence-electron chi connectivity index (χ4n) is 1.86. The number of hydrogen-bond donors (Lipinski definition) is 0. The zero-order valence-electron chi connectivity index (χ0n) is 10.7. The molecule has 0 saturated heterocycles. The van der Waals surface area contributed by atoms with E-state index in [9.17, 15) is 0 Å². The number of pyridine rings is 2. The molecule has 3 heterocycles. The number of hydrogen-bond acceptors (Lipinski definition) is 6. The first-order valence-electron chi connectivity index (χ1n) is 6.00. The van der Waals surface area contributed by atoms with Gasteiger partial charge >= 0.3 is 0 Å². The van der Waals surface area contributed by atoms with Gasteiger partial charge in [-0.3, -0.25) is 9.97 Å². The van der Waals surface area contributed by atoms with Gasteiger partial charge in [-0.25, -0.2) is 4.98 Å². The summed E-state index contributed by atoms with van der Waals surface area (Å²) < 4.78 is 0. The van der Waals surface area contributed by atoms with Crippen molar-refractivity contribution in [3.8, 4) is 34.2 Å². The molecule has 0 bridgehead atoms. The lowest BCUT2D eigenvalue weighted by atomic mass is 10.2. The Bertz CT molecular complexity index is 813. The van der Waals surface area contributed by atoms with Crippen LogP contribution >= 0.6 is 11.3 Å². The summed E-state index contributed by atoms with van der Waals surface area (Å²) in [5.74, 6) is 0. The molecule has 0 N–H and O–H groups in total. The molecule has 0 fully saturated rings. The van der Waals surface area contributed by atoms with E-state index in [0.717, 1.165) is 0 Å². The van der Waals surface area contributed by atoms with Gasteiger partial charge in [-0.2, -0.15) is 10.5 Å². The molecule has 5 nitrogen and oxygen atoms in total. The molecule has 6 heteroatoms. The van der Waals surface area contributed by atoms with E-state index in [1.165, 1.54) is 11.3 Å². The molecule has 0 saturated carbocycles. The van der Waals surface area contributed by atoms with Crippen LogP contribution in [0.1, 0.15) is 11.1 Å². The highest BCUT2D eigenvalue weighted by molar-refractivity contribution is 7.13. The van der Waals surface area contributed by atoms with E-state index in [2.05, 4.69) is 27.1 Å². The van der Waals surface area contributed by atoms with Crippen molar-refractivity contribution >= 4 is 11.3 Å². The summed E-state index contributed by atoms with van der Waals surface area (Å²) in [4.78, 5) is 12.9. The Morgan fingerprint density at radius 2 is 1.52 bits per heavy atom. The smallest absolute Gasteiger partial charge is 0.143 e. The lowest BCUT2D eigenvalue weighted by Gasteiger charge is -1.99. The molecule has 0 spiro atoms. The molecule has 3 aromatic heterocycles. The van der Waals surface area contributed by atoms with Crippen LogP contribution in [0.25, 0.3) is 22.1 Å². The van der Waals surface area contributed by atoms with E-state index in [1.807, 2.05) is 5.38 Å². The van der Waals surface area contributed by atoms with Crippen molar-refractivity contribution in [2.75, 3.05) is 0 Å². The summed E-state index contributed by atoms with van der Waals surface area (Å²) in [5, 5.41) is 20.7. The van der Waals surface area contributed by atoms with E-state index < -0.39 is 0 Å². The minimum Gasteiger partial charge on any atom is -0.253 e. The van der Waals surface area contributed by atoms with Crippen LogP contribution in [-0.2, 0) is 0 Å². The Kier molecular flexibility index (Phi) is 3.38. The summed E-state index contributed by atoms with van der Waals surface area (Å²) in [6, 6.07) is 11.0. The van der Waals surface area contributed by atoms with Gasteiger partial charge in [0, 0.05) is 17.8 Å². The molecular weight excluding hydrogens is 282 g/mol. The molecule has 0 aliphatic rings. The first kappa shape index (κ1) is 12.9. The second-order valence-electron chi connectivity index (χ2n) is 4.06. The van der Waals surface area contributed by atoms with Crippen molar-refractivity contribution in [1.29, 1.82) is 10.5 Å². The standard InChI is InChI=1S/C15H7N5S/c16-7-10-3-1-5-18-13(10)12-9-21-15(20-12)14-11(8-17)4-2-6-19-14/h1-6,9H. The Labute approximate surface area is 124 Å². The highest BCUT2D eigenvalue weighted by Gasteiger charge is 2.14. The summed E-state index contributed by atoms with van der Waals surface area (Å²) >= 11 is 1.37. The molecule has 0 amide bonds. The number of thiazole rings is 1. The largest absolute Gasteiger partial charge is 0.253 e. The monoisotopic (exact) mass is 289 g/mol. The first-order chi connectivity index (χ1) is 10.3. The van der Waals surface area contributed by atoms with Crippen LogP contribution in [0.4, 0.5) is 0 Å². The average molecular weight is 289 g/mol. The molecule has 0 unspecified atom stereocenters. The van der Waals surface area contributed by atoms with Gasteiger partial charge in [0.1, 0.15) is 34.2 Å². The van der Waals surface area contributed by atoms with Crippen LogP contribution < -0.4 is 0 Å². The molecule has 3 aromatic rings. The highest BCUT2D eigenvalue weighted by Crippen LogP contribution is 2.29. The molecule has 0 aliphatic heterocycles. The number of nitrogens with zero attached hydrogens (tertiary/aromatic N) is 5. The van der Waals surface area contributed by atoms with Crippen LogP contribution in [-0.4, -0.2) is 15.0 Å². The van der Waals surface area contributed by atoms with E-state index in [4.69, 9.17) is 10.5 Å². The summed E-state index contributed by atoms with van der Waals surface area (Å²) in [6.07, 6.45) is 3.25. The van der Waals surface area contributed by atoms with Crippen molar-refractivity contribution in [2.24, 2.45) is 0 Å². The lowest BCUT2D eigenvalue weighted by molar-refractivity contribution is 1.24. The molecule has 98 valence electrons. The highest BCUT2D eigenvalue weighted by atomic mass is 32.1. The molecule has 21 heavy (non-hydrogen) atoms. The first-order valence-corrected chi connectivity index (χ1v) is 6.88. The van der Waals surface area contributed by atoms with Crippen molar-refractivity contribution in [2.45, 2.75) is 0 Å². The maximum absolute atomic E-state index is 9.12. The third kappa shape index (κ3) is 2.36. The van der Waals surface area contributed by atoms with Crippen molar-refractivity contribution < 1.29 is 0 Å². The van der Waals surface area contributed by atoms with Gasteiger partial charge in [-0.15, -0.1) is 11.3 Å². The normalized spacial score (nSPS) is 9.81. The number of nitriles is 2. The van der Waals surface area contributed by atoms with Gasteiger partial charge < -0.3 is 0 Å². The summed E-state index contributed by atoms with van der Waals surface area (Å²) in [6.45, 7) is 0. The minimum atomic E-state index is 0.468. The second kappa shape index (κ2) is 5.49. The Morgan fingerprint density at radius 3 is 2.19 bits per heavy atom. The molecule has 0 aromatic carbocycles. The quantitative estimate of drug-likeness (QED) is 0.723. The zero-order valence-corrected chi connectivity index (χ0v) is 11.5. The Morgan fingerprint density at radius 1 is 0.905 bits per heavy atom. The number of aromatic nitrogens is 3. The van der Waals surface area contributed by atoms with E-state index in [1.54, 1.807) is 36.7 Å². The Hall–Kier alpha value is -3.09. The van der Waals surface area contributed by atoms with Crippen LogP contribution in [0.5, 0.6) is 0 Å². The molecule has 0 radical (unpaired) electrons. The third-order valence-corrected chi connectivity index (χ3v) is 3.65. The lowest BCUT2D eigenvalue weighted by Crippen LogP contribution is -1.90. The maximum Gasteiger partial charge on any atom is 0.143 e. The van der Waals surface area contributed by atoms with Crippen LogP contribution in [0, 0.1) is 22.7 Å². The summed E-state index contributed by atoms with van der Waals surface area (Å²) in [7, 11) is 0. The SMILES string of the molecule is N#Cc1cccnc1-c1csc(-c2ncccc2C#N)n1. The predicted molar refractivity (Wildman–Crippen MR) is 78.0 cm³/mol. The van der Waals surface area contributed by atoms with Crippen molar-refractivity contribution in [3.63, 3.8) is 0 Å². The van der Waals surface area contributed by atoms with Gasteiger partial charge in [0.25, 0.3) is 0 Å². The van der Waals surface area contributed by atoms with E-state index >= 15 is 0 Å². The molecule has 0 atom stereocenters. The van der Waals surface area contributed by atoms with Gasteiger partial charge in [0.2, 0.25) is 0 Å². The van der Waals surface area contributed by atoms with Crippen molar-refractivity contribution in [3.05, 3.63) is 53.2 Å². The average Bonchev–Trinajstić information content (AvgIpc) is 3.04. The predicted octanol–water partition coefficient (Wildman–Crippen LogP) is 3.01. The van der Waals surface area contributed by atoms with Crippen LogP contribution in [0.3, 0.4) is 0 Å². The van der Waals surface area contributed by atoms with Gasteiger partial charge in [0.15, 0.2) is 0 Å². The Balaban J connectivity index is 2.09. The van der Waals surface area contributed by atoms with Crippen molar-refractivity contribution in [1.82, 2.24) is 15.0 Å². The van der Waals surface area contributed by atoms with Gasteiger partial charge in [-0.1, -0.05) is 0 Å². The molecule has 0 aliphatic carbocycles. The minimum absolute atomic E-state index is 0.468. The molecule has 3 rings (SSSR count). The zero-order chi connectivity index (χ0) is 14.7. The summed E-state index contributed by atoms with van der Waals surface area (Å²) in [5.41, 5.74) is 2.64. The number of rotatable bonds is 2. The van der Waals surface area contributed by atoms with E-state index in [-0.39, 0.29) is 0 Å². The molecular formula is C15H7N5S. The fraction of sp³-hybridized carbons (Fsp3) is 0. The van der Waals surface area contributed by atoms with Gasteiger partial charge in [0.05, 0.1) is 11.1 Å². The van der Waals surface area contributed by atoms with Crippen LogP contribution in [0.2, 0.25) is 0 Å². The van der Waals surface area contributed by atoms with E-state index in [0.29, 0.717) is 33.2 Å².